The predicted octanol–water partition coefficient (Wildman–Crippen LogP) is 2.99. The lowest BCUT2D eigenvalue weighted by Crippen LogP contribution is -2.13. The molecular formula is C11H17BrN2O. The Hall–Kier alpha value is -0.610. The number of rotatable bonds is 5. The van der Waals surface area contributed by atoms with Crippen molar-refractivity contribution in [2.75, 3.05) is 18.5 Å². The summed E-state index contributed by atoms with van der Waals surface area (Å²) < 4.78 is 6.45. The number of hydrogen-bond donors (Lipinski definition) is 1. The maximum absolute atomic E-state index is 5.42. The van der Waals surface area contributed by atoms with Crippen LogP contribution in [-0.2, 0) is 4.74 Å². The van der Waals surface area contributed by atoms with Crippen LogP contribution in [0.2, 0.25) is 0 Å². The van der Waals surface area contributed by atoms with Crippen LogP contribution in [0.25, 0.3) is 0 Å². The third kappa shape index (κ3) is 4.62. The van der Waals surface area contributed by atoms with Gasteiger partial charge in [-0.15, -0.1) is 0 Å². The summed E-state index contributed by atoms with van der Waals surface area (Å²) >= 11 is 3.42. The number of pyridine rings is 1. The Balaban J connectivity index is 2.35. The highest BCUT2D eigenvalue weighted by Crippen LogP contribution is 2.15. The molecule has 1 aromatic rings. The van der Waals surface area contributed by atoms with Gasteiger partial charge in [-0.1, -0.05) is 0 Å². The molecule has 0 aromatic carbocycles. The smallest absolute Gasteiger partial charge is 0.126 e. The molecule has 0 aliphatic carbocycles. The lowest BCUT2D eigenvalue weighted by atomic mass is 10.4. The molecule has 1 rings (SSSR count). The van der Waals surface area contributed by atoms with Gasteiger partial charge in [-0.05, 0) is 48.8 Å². The van der Waals surface area contributed by atoms with Crippen molar-refractivity contribution in [2.45, 2.75) is 26.9 Å². The van der Waals surface area contributed by atoms with Gasteiger partial charge in [0.2, 0.25) is 0 Å². The molecule has 0 spiro atoms. The van der Waals surface area contributed by atoms with E-state index in [-0.39, 0.29) is 6.10 Å². The Morgan fingerprint density at radius 3 is 2.80 bits per heavy atom. The van der Waals surface area contributed by atoms with Crippen LogP contribution in [0.1, 0.15) is 19.5 Å². The third-order valence-corrected chi connectivity index (χ3v) is 2.72. The quantitative estimate of drug-likeness (QED) is 0.837. The van der Waals surface area contributed by atoms with Gasteiger partial charge >= 0.3 is 0 Å². The molecule has 84 valence electrons. The van der Waals surface area contributed by atoms with Crippen LogP contribution in [0.15, 0.2) is 16.6 Å². The normalized spacial score (nSPS) is 10.7. The van der Waals surface area contributed by atoms with Crippen molar-refractivity contribution < 1.29 is 4.74 Å². The van der Waals surface area contributed by atoms with E-state index in [1.807, 2.05) is 32.9 Å². The molecule has 0 bridgehead atoms. The van der Waals surface area contributed by atoms with Crippen LogP contribution in [0.5, 0.6) is 0 Å². The molecule has 4 heteroatoms. The molecule has 0 fully saturated rings. The molecule has 3 nitrogen and oxygen atoms in total. The lowest BCUT2D eigenvalue weighted by Gasteiger charge is -2.09. The standard InChI is InChI=1S/C11H17BrN2O/c1-8(2)15-7-6-13-11-5-4-10(12)9(3)14-11/h4-5,8H,6-7H2,1-3H3,(H,13,14). The number of nitrogens with one attached hydrogen (secondary N) is 1. The Morgan fingerprint density at radius 2 is 2.20 bits per heavy atom. The summed E-state index contributed by atoms with van der Waals surface area (Å²) in [4.78, 5) is 4.38. The SMILES string of the molecule is Cc1nc(NCCOC(C)C)ccc1Br. The summed E-state index contributed by atoms with van der Waals surface area (Å²) in [5, 5.41) is 3.21. The fourth-order valence-corrected chi connectivity index (χ4v) is 1.34. The summed E-state index contributed by atoms with van der Waals surface area (Å²) in [5.74, 6) is 0.892. The Morgan fingerprint density at radius 1 is 1.47 bits per heavy atom. The fraction of sp³-hybridized carbons (Fsp3) is 0.545. The van der Waals surface area contributed by atoms with Crippen LogP contribution in [0.3, 0.4) is 0 Å². The Kier molecular flexibility index (Phi) is 5.05. The van der Waals surface area contributed by atoms with E-state index in [0.29, 0.717) is 6.61 Å². The zero-order valence-corrected chi connectivity index (χ0v) is 11.0. The molecule has 0 saturated carbocycles. The minimum atomic E-state index is 0.284. The van der Waals surface area contributed by atoms with Crippen molar-refractivity contribution in [1.29, 1.82) is 0 Å². The first-order chi connectivity index (χ1) is 7.09. The summed E-state index contributed by atoms with van der Waals surface area (Å²) in [6, 6.07) is 3.94. The molecule has 0 aliphatic heterocycles. The molecule has 0 amide bonds. The highest BCUT2D eigenvalue weighted by atomic mass is 79.9. The first-order valence-corrected chi connectivity index (χ1v) is 5.87. The van der Waals surface area contributed by atoms with Crippen molar-refractivity contribution in [3.05, 3.63) is 22.3 Å². The van der Waals surface area contributed by atoms with E-state index in [9.17, 15) is 0 Å². The van der Waals surface area contributed by atoms with E-state index in [1.165, 1.54) is 0 Å². The second-order valence-electron chi connectivity index (χ2n) is 3.61. The molecule has 15 heavy (non-hydrogen) atoms. The van der Waals surface area contributed by atoms with Gasteiger partial charge in [-0.2, -0.15) is 0 Å². The monoisotopic (exact) mass is 272 g/mol. The summed E-state index contributed by atoms with van der Waals surface area (Å²) in [6.45, 7) is 7.52. The minimum Gasteiger partial charge on any atom is -0.377 e. The second kappa shape index (κ2) is 6.08. The summed E-state index contributed by atoms with van der Waals surface area (Å²) in [7, 11) is 0. The van der Waals surface area contributed by atoms with Crippen LogP contribution in [-0.4, -0.2) is 24.2 Å². The average Bonchev–Trinajstić information content (AvgIpc) is 2.18. The van der Waals surface area contributed by atoms with E-state index < -0.39 is 0 Å². The number of hydrogen-bond acceptors (Lipinski definition) is 3. The van der Waals surface area contributed by atoms with Crippen molar-refractivity contribution >= 4 is 21.7 Å². The first kappa shape index (κ1) is 12.5. The Bertz CT molecular complexity index is 315. The van der Waals surface area contributed by atoms with Gasteiger partial charge in [0.15, 0.2) is 0 Å². The molecular weight excluding hydrogens is 256 g/mol. The summed E-state index contributed by atoms with van der Waals surface area (Å²) in [5.41, 5.74) is 0.991. The number of ether oxygens (including phenoxy) is 1. The number of anilines is 1. The predicted molar refractivity (Wildman–Crippen MR) is 66.3 cm³/mol. The molecule has 0 unspecified atom stereocenters. The molecule has 0 radical (unpaired) electrons. The molecule has 0 aliphatic rings. The van der Waals surface area contributed by atoms with Gasteiger partial charge in [0.25, 0.3) is 0 Å². The van der Waals surface area contributed by atoms with Crippen LogP contribution >= 0.6 is 15.9 Å². The first-order valence-electron chi connectivity index (χ1n) is 5.08. The van der Waals surface area contributed by atoms with Crippen molar-refractivity contribution in [3.63, 3.8) is 0 Å². The van der Waals surface area contributed by atoms with Crippen LogP contribution in [0, 0.1) is 6.92 Å². The minimum absolute atomic E-state index is 0.284. The van der Waals surface area contributed by atoms with Crippen molar-refractivity contribution in [1.82, 2.24) is 4.98 Å². The Labute approximate surface area is 99.4 Å². The lowest BCUT2D eigenvalue weighted by molar-refractivity contribution is 0.0870. The van der Waals surface area contributed by atoms with Gasteiger partial charge in [-0.25, -0.2) is 4.98 Å². The van der Waals surface area contributed by atoms with E-state index in [4.69, 9.17) is 4.74 Å². The van der Waals surface area contributed by atoms with Gasteiger partial charge < -0.3 is 10.1 Å². The highest BCUT2D eigenvalue weighted by molar-refractivity contribution is 9.10. The molecule has 1 N–H and O–H groups in total. The van der Waals surface area contributed by atoms with Gasteiger partial charge in [0.1, 0.15) is 5.82 Å². The van der Waals surface area contributed by atoms with Crippen LogP contribution < -0.4 is 5.32 Å². The van der Waals surface area contributed by atoms with E-state index >= 15 is 0 Å². The van der Waals surface area contributed by atoms with Gasteiger partial charge in [-0.3, -0.25) is 0 Å². The fourth-order valence-electron chi connectivity index (χ4n) is 1.12. The van der Waals surface area contributed by atoms with E-state index in [2.05, 4.69) is 26.2 Å². The van der Waals surface area contributed by atoms with Crippen molar-refractivity contribution in [3.8, 4) is 0 Å². The number of aryl methyl sites for hydroxylation is 1. The largest absolute Gasteiger partial charge is 0.377 e. The third-order valence-electron chi connectivity index (χ3n) is 1.88. The van der Waals surface area contributed by atoms with Crippen LogP contribution in [0.4, 0.5) is 5.82 Å². The molecule has 0 atom stereocenters. The maximum atomic E-state index is 5.42. The second-order valence-corrected chi connectivity index (χ2v) is 4.46. The molecule has 0 saturated heterocycles. The zero-order chi connectivity index (χ0) is 11.3. The van der Waals surface area contributed by atoms with Gasteiger partial charge in [0, 0.05) is 11.0 Å². The average molecular weight is 273 g/mol. The van der Waals surface area contributed by atoms with E-state index in [1.54, 1.807) is 0 Å². The maximum Gasteiger partial charge on any atom is 0.126 e. The number of halogens is 1. The summed E-state index contributed by atoms with van der Waals surface area (Å²) in [6.07, 6.45) is 0.284. The van der Waals surface area contributed by atoms with Crippen molar-refractivity contribution in [2.24, 2.45) is 0 Å². The number of nitrogens with zero attached hydrogens (tertiary/aromatic N) is 1. The zero-order valence-electron chi connectivity index (χ0n) is 9.38. The van der Waals surface area contributed by atoms with Gasteiger partial charge in [0.05, 0.1) is 18.4 Å². The highest BCUT2D eigenvalue weighted by Gasteiger charge is 1.98. The molecule has 1 aromatic heterocycles. The molecule has 1 heterocycles. The number of aromatic nitrogens is 1. The van der Waals surface area contributed by atoms with E-state index in [0.717, 1.165) is 22.5 Å². The topological polar surface area (TPSA) is 34.2 Å².